The van der Waals surface area contributed by atoms with E-state index >= 15 is 0 Å². The summed E-state index contributed by atoms with van der Waals surface area (Å²) in [6.45, 7) is -0.235. The fourth-order valence-electron chi connectivity index (χ4n) is 2.47. The van der Waals surface area contributed by atoms with Crippen LogP contribution in [0.15, 0.2) is 12.2 Å². The van der Waals surface area contributed by atoms with Crippen LogP contribution >= 0.6 is 11.3 Å². The lowest BCUT2D eigenvalue weighted by Crippen LogP contribution is -2.20. The summed E-state index contributed by atoms with van der Waals surface area (Å²) < 4.78 is 14.7. The molecular weight excluding hydrogens is 334 g/mol. The number of anilines is 1. The quantitative estimate of drug-likeness (QED) is 0.492. The number of allylic oxidation sites excluding steroid dienone is 2. The van der Waals surface area contributed by atoms with Gasteiger partial charge in [0, 0.05) is 5.56 Å². The molecule has 2 rings (SSSR count). The minimum atomic E-state index is -0.689. The van der Waals surface area contributed by atoms with Gasteiger partial charge in [0.2, 0.25) is 0 Å². The van der Waals surface area contributed by atoms with E-state index in [1.165, 1.54) is 14.2 Å². The summed E-state index contributed by atoms with van der Waals surface area (Å²) in [5.41, 5.74) is 6.08. The molecule has 1 heterocycles. The molecule has 1 aromatic rings. The molecule has 130 valence electrons. The molecule has 1 aliphatic carbocycles. The highest BCUT2D eigenvalue weighted by Crippen LogP contribution is 2.33. The summed E-state index contributed by atoms with van der Waals surface area (Å²) in [5, 5.41) is 0.119. The number of methoxy groups -OCH3 is 2. The van der Waals surface area contributed by atoms with Crippen molar-refractivity contribution in [2.24, 2.45) is 5.92 Å². The Balaban J connectivity index is 2.23. The van der Waals surface area contributed by atoms with Crippen molar-refractivity contribution in [2.75, 3.05) is 20.0 Å². The third-order valence-corrected chi connectivity index (χ3v) is 4.80. The van der Waals surface area contributed by atoms with E-state index in [-0.39, 0.29) is 39.5 Å². The van der Waals surface area contributed by atoms with Crippen LogP contribution in [-0.4, -0.2) is 32.1 Å². The van der Waals surface area contributed by atoms with Gasteiger partial charge in [-0.3, -0.25) is 4.79 Å². The average molecular weight is 353 g/mol. The van der Waals surface area contributed by atoms with E-state index in [2.05, 4.69) is 0 Å². The molecule has 0 spiro atoms. The van der Waals surface area contributed by atoms with Gasteiger partial charge in [0.05, 0.1) is 20.1 Å². The van der Waals surface area contributed by atoms with E-state index in [0.717, 1.165) is 24.2 Å². The highest BCUT2D eigenvalue weighted by Gasteiger charge is 2.29. The maximum atomic E-state index is 12.2. The van der Waals surface area contributed by atoms with Gasteiger partial charge in [-0.2, -0.15) is 0 Å². The maximum absolute atomic E-state index is 12.2. The molecule has 1 aliphatic rings. The van der Waals surface area contributed by atoms with Gasteiger partial charge in [0.25, 0.3) is 0 Å². The highest BCUT2D eigenvalue weighted by atomic mass is 32.1. The van der Waals surface area contributed by atoms with Gasteiger partial charge in [-0.1, -0.05) is 12.2 Å². The average Bonchev–Trinajstić information content (AvgIpc) is 2.95. The molecule has 7 nitrogen and oxygen atoms in total. The first-order chi connectivity index (χ1) is 11.5. The number of hydrogen-bond acceptors (Lipinski definition) is 8. The summed E-state index contributed by atoms with van der Waals surface area (Å²) in [4.78, 5) is 36.1. The predicted octanol–water partition coefficient (Wildman–Crippen LogP) is 2.30. The number of esters is 3. The Morgan fingerprint density at radius 1 is 1.21 bits per heavy atom. The Kier molecular flexibility index (Phi) is 5.97. The van der Waals surface area contributed by atoms with E-state index < -0.39 is 11.9 Å². The van der Waals surface area contributed by atoms with Gasteiger partial charge in [-0.25, -0.2) is 9.59 Å². The van der Waals surface area contributed by atoms with Crippen LogP contribution in [0.2, 0.25) is 0 Å². The van der Waals surface area contributed by atoms with Crippen molar-refractivity contribution < 1.29 is 28.6 Å². The Morgan fingerprint density at radius 2 is 1.92 bits per heavy atom. The summed E-state index contributed by atoms with van der Waals surface area (Å²) in [7, 11) is 2.43. The number of carbonyl (C=O) groups excluding carboxylic acids is 3. The molecular formula is C16H19NO6S. The number of nitrogen functional groups attached to an aromatic ring is 1. The smallest absolute Gasteiger partial charge is 0.348 e. The molecule has 0 unspecified atom stereocenters. The monoisotopic (exact) mass is 353 g/mol. The molecule has 8 heteroatoms. The van der Waals surface area contributed by atoms with Crippen LogP contribution in [0.25, 0.3) is 0 Å². The van der Waals surface area contributed by atoms with Gasteiger partial charge < -0.3 is 19.9 Å². The molecule has 0 saturated carbocycles. The van der Waals surface area contributed by atoms with Crippen LogP contribution in [0.3, 0.4) is 0 Å². The number of hydrogen-bond donors (Lipinski definition) is 1. The molecule has 0 aromatic carbocycles. The molecule has 0 bridgehead atoms. The molecule has 0 aliphatic heterocycles. The maximum Gasteiger partial charge on any atom is 0.348 e. The first-order valence-electron chi connectivity index (χ1n) is 7.39. The molecule has 0 saturated heterocycles. The SMILES string of the molecule is COC(=O)c1sc(N)c(C(=O)OC)c1COC(=O)[C@H]1CC=CCC1. The zero-order valence-corrected chi connectivity index (χ0v) is 14.3. The van der Waals surface area contributed by atoms with E-state index in [9.17, 15) is 14.4 Å². The Hall–Kier alpha value is -2.35. The fraction of sp³-hybridized carbons (Fsp3) is 0.438. The lowest BCUT2D eigenvalue weighted by Gasteiger charge is -2.16. The van der Waals surface area contributed by atoms with Crippen LogP contribution < -0.4 is 5.73 Å². The van der Waals surface area contributed by atoms with E-state index in [1.807, 2.05) is 12.2 Å². The third kappa shape index (κ3) is 3.76. The normalized spacial score (nSPS) is 16.5. The Morgan fingerprint density at radius 3 is 2.50 bits per heavy atom. The van der Waals surface area contributed by atoms with Gasteiger partial charge in [0.15, 0.2) is 0 Å². The summed E-state index contributed by atoms with van der Waals surface area (Å²) in [6.07, 6.45) is 6.13. The molecule has 0 radical (unpaired) electrons. The van der Waals surface area contributed by atoms with Gasteiger partial charge in [0.1, 0.15) is 22.0 Å². The second-order valence-corrected chi connectivity index (χ2v) is 6.27. The summed E-state index contributed by atoms with van der Waals surface area (Å²) >= 11 is 0.905. The molecule has 24 heavy (non-hydrogen) atoms. The molecule has 2 N–H and O–H groups in total. The van der Waals surface area contributed by atoms with Crippen molar-refractivity contribution in [3.05, 3.63) is 28.2 Å². The summed E-state index contributed by atoms with van der Waals surface area (Å²) in [5.74, 6) is -1.91. The topological polar surface area (TPSA) is 105 Å². The largest absolute Gasteiger partial charge is 0.465 e. The van der Waals surface area contributed by atoms with Crippen molar-refractivity contribution >= 4 is 34.2 Å². The van der Waals surface area contributed by atoms with Crippen LogP contribution in [0, 0.1) is 5.92 Å². The zero-order chi connectivity index (χ0) is 17.7. The predicted molar refractivity (Wildman–Crippen MR) is 87.7 cm³/mol. The Bertz CT molecular complexity index is 678. The highest BCUT2D eigenvalue weighted by molar-refractivity contribution is 7.18. The van der Waals surface area contributed by atoms with Gasteiger partial charge in [-0.15, -0.1) is 11.3 Å². The van der Waals surface area contributed by atoms with Gasteiger partial charge in [-0.05, 0) is 19.3 Å². The Labute approximate surface area is 143 Å². The number of carbonyl (C=O) groups is 3. The molecule has 0 fully saturated rings. The third-order valence-electron chi connectivity index (χ3n) is 3.76. The van der Waals surface area contributed by atoms with Crippen molar-refractivity contribution in [1.82, 2.24) is 0 Å². The van der Waals surface area contributed by atoms with Crippen molar-refractivity contribution in [3.8, 4) is 0 Å². The van der Waals surface area contributed by atoms with Crippen molar-refractivity contribution in [1.29, 1.82) is 0 Å². The second-order valence-electron chi connectivity index (χ2n) is 5.22. The minimum absolute atomic E-state index is 0.0410. The van der Waals surface area contributed by atoms with Crippen LogP contribution in [-0.2, 0) is 25.6 Å². The number of nitrogens with two attached hydrogens (primary N) is 1. The summed E-state index contributed by atoms with van der Waals surface area (Å²) in [6, 6.07) is 0. The lowest BCUT2D eigenvalue weighted by molar-refractivity contribution is -0.150. The van der Waals surface area contributed by atoms with Crippen LogP contribution in [0.5, 0.6) is 0 Å². The van der Waals surface area contributed by atoms with Crippen molar-refractivity contribution in [2.45, 2.75) is 25.9 Å². The fourth-order valence-corrected chi connectivity index (χ4v) is 3.45. The first kappa shape index (κ1) is 18.0. The van der Waals surface area contributed by atoms with Gasteiger partial charge >= 0.3 is 17.9 Å². The molecule has 0 amide bonds. The zero-order valence-electron chi connectivity index (χ0n) is 13.5. The lowest BCUT2D eigenvalue weighted by atomic mass is 9.95. The first-order valence-corrected chi connectivity index (χ1v) is 8.20. The molecule has 1 atom stereocenters. The number of ether oxygens (including phenoxy) is 3. The number of rotatable bonds is 5. The molecule has 1 aromatic heterocycles. The second kappa shape index (κ2) is 7.96. The minimum Gasteiger partial charge on any atom is -0.465 e. The van der Waals surface area contributed by atoms with Crippen molar-refractivity contribution in [3.63, 3.8) is 0 Å². The van der Waals surface area contributed by atoms with E-state index in [4.69, 9.17) is 19.9 Å². The van der Waals surface area contributed by atoms with E-state index in [1.54, 1.807) is 0 Å². The van der Waals surface area contributed by atoms with Crippen LogP contribution in [0.1, 0.15) is 44.9 Å². The van der Waals surface area contributed by atoms with E-state index in [0.29, 0.717) is 6.42 Å². The standard InChI is InChI=1S/C16H19NO6S/c1-21-15(19)11-10(12(16(20)22-2)24-13(11)17)8-23-14(18)9-6-4-3-5-7-9/h3-4,9H,5-8,17H2,1-2H3/t9-/m0/s1. The number of thiophene rings is 1. The van der Waals surface area contributed by atoms with Crippen LogP contribution in [0.4, 0.5) is 5.00 Å².